The number of esters is 1. The highest BCUT2D eigenvalue weighted by atomic mass is 16.5. The van der Waals surface area contributed by atoms with E-state index in [4.69, 9.17) is 5.26 Å². The summed E-state index contributed by atoms with van der Waals surface area (Å²) in [6.45, 7) is 1.97. The molecule has 0 atom stereocenters. The molecule has 0 amide bonds. The summed E-state index contributed by atoms with van der Waals surface area (Å²) in [7, 11) is 0. The van der Waals surface area contributed by atoms with Crippen LogP contribution in [-0.2, 0) is 14.3 Å². The maximum absolute atomic E-state index is 11.5. The second-order valence-corrected chi connectivity index (χ2v) is 3.83. The number of carbonyl (C=O) groups is 2. The van der Waals surface area contributed by atoms with Crippen LogP contribution in [0, 0.1) is 11.3 Å². The summed E-state index contributed by atoms with van der Waals surface area (Å²) >= 11 is 0. The molecule has 0 saturated carbocycles. The van der Waals surface area contributed by atoms with Crippen molar-refractivity contribution in [3.8, 4) is 6.07 Å². The predicted molar refractivity (Wildman–Crippen MR) is 71.1 cm³/mol. The van der Waals surface area contributed by atoms with Gasteiger partial charge in [-0.05, 0) is 18.6 Å². The highest BCUT2D eigenvalue weighted by Crippen LogP contribution is 2.10. The normalized spacial score (nSPS) is 10.1. The van der Waals surface area contributed by atoms with Crippen molar-refractivity contribution >= 4 is 17.8 Å². The van der Waals surface area contributed by atoms with Crippen LogP contribution in [0.15, 0.2) is 30.3 Å². The standard InChI is InChI=1S/C15H15NO3/c1-2-19-15(18)10-14(17)9-5-8-12-6-3-4-7-13(12)11-16/h3-8H,2,9-10H2,1H3. The third kappa shape index (κ3) is 5.17. The maximum atomic E-state index is 11.5. The molecule has 4 heteroatoms. The van der Waals surface area contributed by atoms with Gasteiger partial charge in [0.25, 0.3) is 0 Å². The largest absolute Gasteiger partial charge is 0.466 e. The Balaban J connectivity index is 2.52. The molecule has 0 aliphatic rings. The fourth-order valence-corrected chi connectivity index (χ4v) is 1.51. The minimum absolute atomic E-state index is 0.151. The second kappa shape index (κ2) is 7.83. The molecule has 19 heavy (non-hydrogen) atoms. The van der Waals surface area contributed by atoms with Crippen LogP contribution in [0.25, 0.3) is 6.08 Å². The molecule has 98 valence electrons. The lowest BCUT2D eigenvalue weighted by Crippen LogP contribution is -2.10. The van der Waals surface area contributed by atoms with Crippen LogP contribution in [0.2, 0.25) is 0 Å². The number of carbonyl (C=O) groups excluding carboxylic acids is 2. The Kier molecular flexibility index (Phi) is 6.04. The first-order valence-electron chi connectivity index (χ1n) is 6.00. The van der Waals surface area contributed by atoms with Crippen molar-refractivity contribution in [1.82, 2.24) is 0 Å². The Morgan fingerprint density at radius 1 is 1.37 bits per heavy atom. The number of hydrogen-bond donors (Lipinski definition) is 0. The molecule has 0 unspecified atom stereocenters. The molecule has 0 heterocycles. The first-order valence-corrected chi connectivity index (χ1v) is 6.00. The quantitative estimate of drug-likeness (QED) is 0.580. The van der Waals surface area contributed by atoms with E-state index < -0.39 is 5.97 Å². The van der Waals surface area contributed by atoms with Gasteiger partial charge in [0, 0.05) is 6.42 Å². The van der Waals surface area contributed by atoms with Crippen LogP contribution < -0.4 is 0 Å². The Morgan fingerprint density at radius 2 is 2.11 bits per heavy atom. The van der Waals surface area contributed by atoms with E-state index in [1.54, 1.807) is 37.3 Å². The monoisotopic (exact) mass is 257 g/mol. The molecule has 0 N–H and O–H groups in total. The number of hydrogen-bond acceptors (Lipinski definition) is 4. The third-order valence-corrected chi connectivity index (χ3v) is 2.37. The summed E-state index contributed by atoms with van der Waals surface area (Å²) in [5.41, 5.74) is 1.31. The molecule has 1 aromatic carbocycles. The van der Waals surface area contributed by atoms with Crippen molar-refractivity contribution in [2.45, 2.75) is 19.8 Å². The number of nitriles is 1. The van der Waals surface area contributed by atoms with Gasteiger partial charge in [-0.3, -0.25) is 9.59 Å². The topological polar surface area (TPSA) is 67.2 Å². The summed E-state index contributed by atoms with van der Waals surface area (Å²) in [6.07, 6.45) is 3.30. The van der Waals surface area contributed by atoms with E-state index in [-0.39, 0.29) is 25.2 Å². The summed E-state index contributed by atoms with van der Waals surface area (Å²) in [5.74, 6) is -0.706. The van der Waals surface area contributed by atoms with Gasteiger partial charge < -0.3 is 4.74 Å². The van der Waals surface area contributed by atoms with Crippen LogP contribution in [0.5, 0.6) is 0 Å². The van der Waals surface area contributed by atoms with E-state index in [1.165, 1.54) is 0 Å². The van der Waals surface area contributed by atoms with Gasteiger partial charge in [-0.2, -0.15) is 5.26 Å². The van der Waals surface area contributed by atoms with Gasteiger partial charge in [-0.1, -0.05) is 30.4 Å². The van der Waals surface area contributed by atoms with Crippen LogP contribution in [0.1, 0.15) is 30.9 Å². The van der Waals surface area contributed by atoms with E-state index >= 15 is 0 Å². The zero-order chi connectivity index (χ0) is 14.1. The van der Waals surface area contributed by atoms with Crippen molar-refractivity contribution in [3.05, 3.63) is 41.5 Å². The molecule has 4 nitrogen and oxygen atoms in total. The van der Waals surface area contributed by atoms with Crippen LogP contribution >= 0.6 is 0 Å². The molecule has 0 bridgehead atoms. The molecular weight excluding hydrogens is 242 g/mol. The van der Waals surface area contributed by atoms with Crippen LogP contribution in [0.3, 0.4) is 0 Å². The Bertz CT molecular complexity index is 526. The van der Waals surface area contributed by atoms with Crippen molar-refractivity contribution in [1.29, 1.82) is 5.26 Å². The molecule has 0 aromatic heterocycles. The van der Waals surface area contributed by atoms with E-state index in [0.29, 0.717) is 5.56 Å². The molecule has 1 rings (SSSR count). The minimum atomic E-state index is -0.502. The average Bonchev–Trinajstić information content (AvgIpc) is 2.39. The van der Waals surface area contributed by atoms with E-state index in [1.807, 2.05) is 6.07 Å². The zero-order valence-corrected chi connectivity index (χ0v) is 10.8. The number of rotatable bonds is 6. The highest BCUT2D eigenvalue weighted by molar-refractivity contribution is 5.96. The molecule has 1 aromatic rings. The van der Waals surface area contributed by atoms with Crippen molar-refractivity contribution < 1.29 is 14.3 Å². The zero-order valence-electron chi connectivity index (χ0n) is 10.8. The number of nitrogens with zero attached hydrogens (tertiary/aromatic N) is 1. The van der Waals surface area contributed by atoms with Crippen LogP contribution in [-0.4, -0.2) is 18.4 Å². The summed E-state index contributed by atoms with van der Waals surface area (Å²) in [4.78, 5) is 22.5. The van der Waals surface area contributed by atoms with Gasteiger partial charge in [0.1, 0.15) is 12.2 Å². The van der Waals surface area contributed by atoms with Gasteiger partial charge in [0.2, 0.25) is 0 Å². The minimum Gasteiger partial charge on any atom is -0.466 e. The molecule has 0 saturated heterocycles. The molecular formula is C15H15NO3. The lowest BCUT2D eigenvalue weighted by molar-refractivity contribution is -0.145. The highest BCUT2D eigenvalue weighted by Gasteiger charge is 2.08. The smallest absolute Gasteiger partial charge is 0.313 e. The average molecular weight is 257 g/mol. The first kappa shape index (κ1) is 14.7. The fourth-order valence-electron chi connectivity index (χ4n) is 1.51. The number of benzene rings is 1. The van der Waals surface area contributed by atoms with Gasteiger partial charge in [0.05, 0.1) is 18.2 Å². The van der Waals surface area contributed by atoms with Crippen molar-refractivity contribution in [3.63, 3.8) is 0 Å². The lowest BCUT2D eigenvalue weighted by atomic mass is 10.1. The number of allylic oxidation sites excluding steroid dienone is 1. The van der Waals surface area contributed by atoms with Crippen molar-refractivity contribution in [2.75, 3.05) is 6.61 Å². The first-order chi connectivity index (χ1) is 9.17. The van der Waals surface area contributed by atoms with E-state index in [9.17, 15) is 9.59 Å². The molecule has 0 aliphatic carbocycles. The van der Waals surface area contributed by atoms with E-state index in [2.05, 4.69) is 10.8 Å². The van der Waals surface area contributed by atoms with Gasteiger partial charge in [-0.15, -0.1) is 0 Å². The number of Topliss-reactive ketones (excluding diaryl/α,β-unsaturated/α-hetero) is 1. The molecule has 0 fully saturated rings. The lowest BCUT2D eigenvalue weighted by Gasteiger charge is -1.99. The molecule has 0 aliphatic heterocycles. The molecule has 0 spiro atoms. The third-order valence-electron chi connectivity index (χ3n) is 2.37. The number of ketones is 1. The van der Waals surface area contributed by atoms with Gasteiger partial charge in [-0.25, -0.2) is 0 Å². The second-order valence-electron chi connectivity index (χ2n) is 3.83. The van der Waals surface area contributed by atoms with Crippen molar-refractivity contribution in [2.24, 2.45) is 0 Å². The van der Waals surface area contributed by atoms with Crippen LogP contribution in [0.4, 0.5) is 0 Å². The predicted octanol–water partition coefficient (Wildman–Crippen LogP) is 2.48. The SMILES string of the molecule is CCOC(=O)CC(=O)CC=Cc1ccccc1C#N. The Labute approximate surface area is 112 Å². The van der Waals surface area contributed by atoms with E-state index in [0.717, 1.165) is 5.56 Å². The van der Waals surface area contributed by atoms with Gasteiger partial charge in [0.15, 0.2) is 0 Å². The molecule has 0 radical (unpaired) electrons. The fraction of sp³-hybridized carbons (Fsp3) is 0.267. The summed E-state index contributed by atoms with van der Waals surface area (Å²) in [6, 6.07) is 9.18. The maximum Gasteiger partial charge on any atom is 0.313 e. The summed E-state index contributed by atoms with van der Waals surface area (Å²) in [5, 5.41) is 8.89. The van der Waals surface area contributed by atoms with Gasteiger partial charge >= 0.3 is 5.97 Å². The number of ether oxygens (including phenoxy) is 1. The Morgan fingerprint density at radius 3 is 2.79 bits per heavy atom. The summed E-state index contributed by atoms with van der Waals surface area (Å²) < 4.78 is 4.69. The Hall–Kier alpha value is -2.41.